The molecule has 2 N–H and O–H groups in total. The van der Waals surface area contributed by atoms with Gasteiger partial charge in [0.05, 0.1) is 0 Å². The Balaban J connectivity index is 0.000000218. The topological polar surface area (TPSA) is 38.9 Å². The van der Waals surface area contributed by atoms with Crippen LogP contribution in [0.1, 0.15) is 26.7 Å². The summed E-state index contributed by atoms with van der Waals surface area (Å²) in [5, 5.41) is 0. The van der Waals surface area contributed by atoms with E-state index in [1.807, 2.05) is 12.1 Å². The van der Waals surface area contributed by atoms with E-state index in [0.29, 0.717) is 5.82 Å². The van der Waals surface area contributed by atoms with Gasteiger partial charge in [0.2, 0.25) is 0 Å². The summed E-state index contributed by atoms with van der Waals surface area (Å²) in [6.07, 6.45) is 4.30. The molecule has 0 saturated heterocycles. The van der Waals surface area contributed by atoms with Crippen LogP contribution in [0.25, 0.3) is 0 Å². The van der Waals surface area contributed by atoms with Gasteiger partial charge in [-0.05, 0) is 12.1 Å². The fraction of sp³-hybridized carbons (Fsp3) is 0.444. The molecule has 0 spiro atoms. The van der Waals surface area contributed by atoms with Crippen LogP contribution in [0.15, 0.2) is 24.4 Å². The van der Waals surface area contributed by atoms with Crippen molar-refractivity contribution in [1.29, 1.82) is 0 Å². The largest absolute Gasteiger partial charge is 0.384 e. The Labute approximate surface area is 68.5 Å². The van der Waals surface area contributed by atoms with Gasteiger partial charge in [-0.1, -0.05) is 32.8 Å². The van der Waals surface area contributed by atoms with E-state index in [2.05, 4.69) is 18.8 Å². The zero-order valence-corrected chi connectivity index (χ0v) is 7.25. The van der Waals surface area contributed by atoms with E-state index in [0.717, 1.165) is 0 Å². The first-order valence-corrected chi connectivity index (χ1v) is 3.97. The molecule has 0 aromatic carbocycles. The summed E-state index contributed by atoms with van der Waals surface area (Å²) >= 11 is 0. The highest BCUT2D eigenvalue weighted by Crippen LogP contribution is 1.89. The first kappa shape index (κ1) is 9.95. The second kappa shape index (κ2) is 7.06. The number of aromatic nitrogens is 1. The van der Waals surface area contributed by atoms with Gasteiger partial charge in [0.25, 0.3) is 0 Å². The Morgan fingerprint density at radius 2 is 1.91 bits per heavy atom. The van der Waals surface area contributed by atoms with E-state index >= 15 is 0 Å². The molecule has 1 rings (SSSR count). The van der Waals surface area contributed by atoms with Crippen LogP contribution in [0.3, 0.4) is 0 Å². The second-order valence-electron chi connectivity index (χ2n) is 2.25. The number of unbranched alkanes of at least 4 members (excludes halogenated alkanes) is 1. The van der Waals surface area contributed by atoms with Crippen molar-refractivity contribution in [3.63, 3.8) is 0 Å². The summed E-state index contributed by atoms with van der Waals surface area (Å²) in [6, 6.07) is 5.43. The van der Waals surface area contributed by atoms with Gasteiger partial charge in [0.1, 0.15) is 5.82 Å². The van der Waals surface area contributed by atoms with E-state index in [-0.39, 0.29) is 0 Å². The highest BCUT2D eigenvalue weighted by Gasteiger charge is 1.73. The SMILES string of the molecule is CCCC.Nc1ccccn1. The molecule has 0 bridgehead atoms. The molecule has 0 saturated carbocycles. The lowest BCUT2D eigenvalue weighted by Crippen LogP contribution is -1.85. The summed E-state index contributed by atoms with van der Waals surface area (Å²) in [5.41, 5.74) is 5.25. The minimum atomic E-state index is 0.572. The maximum absolute atomic E-state index is 5.25. The van der Waals surface area contributed by atoms with Crippen molar-refractivity contribution in [2.24, 2.45) is 0 Å². The van der Waals surface area contributed by atoms with Crippen molar-refractivity contribution in [3.05, 3.63) is 24.4 Å². The third-order valence-corrected chi connectivity index (χ3v) is 1.19. The molecule has 0 aliphatic rings. The fourth-order valence-corrected chi connectivity index (χ4v) is 0.376. The van der Waals surface area contributed by atoms with Crippen LogP contribution in [-0.4, -0.2) is 4.98 Å². The molecule has 62 valence electrons. The normalized spacial score (nSPS) is 8.18. The highest BCUT2D eigenvalue weighted by atomic mass is 14.8. The zero-order valence-electron chi connectivity index (χ0n) is 7.25. The van der Waals surface area contributed by atoms with Crippen LogP contribution in [0, 0.1) is 0 Å². The van der Waals surface area contributed by atoms with Crippen molar-refractivity contribution in [2.75, 3.05) is 5.73 Å². The smallest absolute Gasteiger partial charge is 0.123 e. The highest BCUT2D eigenvalue weighted by molar-refractivity contribution is 5.25. The number of rotatable bonds is 1. The van der Waals surface area contributed by atoms with Crippen LogP contribution >= 0.6 is 0 Å². The van der Waals surface area contributed by atoms with Gasteiger partial charge in [0.15, 0.2) is 0 Å². The lowest BCUT2D eigenvalue weighted by atomic mass is 10.4. The van der Waals surface area contributed by atoms with Gasteiger partial charge < -0.3 is 5.73 Å². The van der Waals surface area contributed by atoms with Crippen molar-refractivity contribution < 1.29 is 0 Å². The Kier molecular flexibility index (Phi) is 6.39. The number of hydrogen-bond donors (Lipinski definition) is 1. The quantitative estimate of drug-likeness (QED) is 0.671. The number of nitrogens with two attached hydrogens (primary N) is 1. The van der Waals surface area contributed by atoms with Gasteiger partial charge in [-0.2, -0.15) is 0 Å². The zero-order chi connectivity index (χ0) is 8.53. The molecule has 11 heavy (non-hydrogen) atoms. The Bertz CT molecular complexity index is 158. The van der Waals surface area contributed by atoms with Crippen molar-refractivity contribution in [2.45, 2.75) is 26.7 Å². The molecule has 0 atom stereocenters. The third kappa shape index (κ3) is 6.84. The second-order valence-corrected chi connectivity index (χ2v) is 2.25. The van der Waals surface area contributed by atoms with Gasteiger partial charge in [-0.25, -0.2) is 4.98 Å². The lowest BCUT2D eigenvalue weighted by Gasteiger charge is -1.82. The number of hydrogen-bond acceptors (Lipinski definition) is 2. The van der Waals surface area contributed by atoms with Gasteiger partial charge in [-0.15, -0.1) is 0 Å². The third-order valence-electron chi connectivity index (χ3n) is 1.19. The minimum Gasteiger partial charge on any atom is -0.384 e. The van der Waals surface area contributed by atoms with Gasteiger partial charge >= 0.3 is 0 Å². The van der Waals surface area contributed by atoms with E-state index in [4.69, 9.17) is 5.73 Å². The number of pyridine rings is 1. The van der Waals surface area contributed by atoms with Gasteiger partial charge in [0, 0.05) is 6.20 Å². The molecule has 1 aromatic rings. The molecule has 0 radical (unpaired) electrons. The molecular formula is C9H16N2. The summed E-state index contributed by atoms with van der Waals surface area (Å²) < 4.78 is 0. The molecule has 0 amide bonds. The molecular weight excluding hydrogens is 136 g/mol. The molecule has 1 heterocycles. The predicted molar refractivity (Wildman–Crippen MR) is 49.2 cm³/mol. The summed E-state index contributed by atoms with van der Waals surface area (Å²) in [4.78, 5) is 3.76. The predicted octanol–water partition coefficient (Wildman–Crippen LogP) is 2.47. The van der Waals surface area contributed by atoms with Crippen LogP contribution in [0.2, 0.25) is 0 Å². The van der Waals surface area contributed by atoms with Crippen molar-refractivity contribution in [1.82, 2.24) is 4.98 Å². The van der Waals surface area contributed by atoms with Gasteiger partial charge in [-0.3, -0.25) is 0 Å². The Morgan fingerprint density at radius 1 is 1.27 bits per heavy atom. The molecule has 0 aliphatic carbocycles. The van der Waals surface area contributed by atoms with Crippen LogP contribution in [0.4, 0.5) is 5.82 Å². The van der Waals surface area contributed by atoms with E-state index < -0.39 is 0 Å². The van der Waals surface area contributed by atoms with Crippen LogP contribution in [0.5, 0.6) is 0 Å². The Hall–Kier alpha value is -1.05. The van der Waals surface area contributed by atoms with E-state index in [1.54, 1.807) is 12.3 Å². The molecule has 0 fully saturated rings. The lowest BCUT2D eigenvalue weighted by molar-refractivity contribution is 0.886. The number of anilines is 1. The molecule has 1 aromatic heterocycles. The van der Waals surface area contributed by atoms with Crippen molar-refractivity contribution in [3.8, 4) is 0 Å². The molecule has 2 heteroatoms. The van der Waals surface area contributed by atoms with Crippen LogP contribution in [-0.2, 0) is 0 Å². The standard InChI is InChI=1S/C5H6N2.C4H10/c6-5-3-1-2-4-7-5;1-3-4-2/h1-4H,(H2,6,7);3-4H2,1-2H3. The first-order valence-electron chi connectivity index (χ1n) is 3.97. The maximum atomic E-state index is 5.25. The first-order chi connectivity index (χ1) is 5.31. The average molecular weight is 152 g/mol. The summed E-state index contributed by atoms with van der Waals surface area (Å²) in [6.45, 7) is 4.36. The minimum absolute atomic E-state index is 0.572. The number of nitrogens with zero attached hydrogens (tertiary/aromatic N) is 1. The van der Waals surface area contributed by atoms with Crippen LogP contribution < -0.4 is 5.73 Å². The maximum Gasteiger partial charge on any atom is 0.123 e. The Morgan fingerprint density at radius 3 is 2.09 bits per heavy atom. The van der Waals surface area contributed by atoms with Crippen molar-refractivity contribution >= 4 is 5.82 Å². The van der Waals surface area contributed by atoms with E-state index in [1.165, 1.54) is 12.8 Å². The molecule has 0 unspecified atom stereocenters. The average Bonchev–Trinajstić information content (AvgIpc) is 2.07. The fourth-order valence-electron chi connectivity index (χ4n) is 0.376. The number of nitrogen functional groups attached to an aromatic ring is 1. The van der Waals surface area contributed by atoms with E-state index in [9.17, 15) is 0 Å². The summed E-state index contributed by atoms with van der Waals surface area (Å²) in [7, 11) is 0. The molecule has 0 aliphatic heterocycles. The monoisotopic (exact) mass is 152 g/mol. The summed E-state index contributed by atoms with van der Waals surface area (Å²) in [5.74, 6) is 0.572. The molecule has 2 nitrogen and oxygen atoms in total.